The average Bonchev–Trinajstić information content (AvgIpc) is 2.66. The van der Waals surface area contributed by atoms with Gasteiger partial charge in [0.05, 0.1) is 12.7 Å². The molecule has 10 heteroatoms. The van der Waals surface area contributed by atoms with Crippen LogP contribution in [-0.4, -0.2) is 74.5 Å². The molecule has 4 unspecified atom stereocenters. The highest BCUT2D eigenvalue weighted by atomic mass is 31.2. The predicted molar refractivity (Wildman–Crippen MR) is 68.8 cm³/mol. The van der Waals surface area contributed by atoms with E-state index in [0.29, 0.717) is 13.0 Å². The molecule has 0 saturated carbocycles. The normalized spacial score (nSPS) is 30.6. The smallest absolute Gasteiger partial charge is 0.293 e. The summed E-state index contributed by atoms with van der Waals surface area (Å²) < 4.78 is 22.5. The van der Waals surface area contributed by atoms with Gasteiger partial charge in [0.25, 0.3) is 8.05 Å². The zero-order chi connectivity index (χ0) is 12.8. The number of ether oxygens (including phenoxy) is 2. The first kappa shape index (κ1) is 15.5. The van der Waals surface area contributed by atoms with Crippen LogP contribution in [0.25, 0.3) is 0 Å². The van der Waals surface area contributed by atoms with E-state index in [1.807, 2.05) is 0 Å². The second-order valence-corrected chi connectivity index (χ2v) is 5.14. The summed E-state index contributed by atoms with van der Waals surface area (Å²) in [5, 5.41) is 0. The molecule has 0 aromatic rings. The van der Waals surface area contributed by atoms with Crippen molar-refractivity contribution in [2.45, 2.75) is 24.6 Å². The third-order valence-electron chi connectivity index (χ3n) is 2.35. The van der Waals surface area contributed by atoms with E-state index in [1.165, 1.54) is 7.31 Å². The van der Waals surface area contributed by atoms with Crippen molar-refractivity contribution in [2.24, 2.45) is 0 Å². The van der Waals surface area contributed by atoms with E-state index in [-0.39, 0.29) is 18.2 Å². The average molecular weight is 249 g/mol. The lowest BCUT2D eigenvalue weighted by molar-refractivity contribution is -0.0107. The highest BCUT2D eigenvalue weighted by molar-refractivity contribution is 7.48. The summed E-state index contributed by atoms with van der Waals surface area (Å²) in [5.41, 5.74) is 0. The Morgan fingerprint density at radius 2 is 2.29 bits per heavy atom. The number of hydrogen-bond donors (Lipinski definition) is 0. The Labute approximate surface area is 108 Å². The van der Waals surface area contributed by atoms with E-state index in [9.17, 15) is 0 Å². The van der Waals surface area contributed by atoms with Crippen LogP contribution in [-0.2, 0) is 18.4 Å². The maximum absolute atomic E-state index is 5.70. The molecule has 1 aliphatic heterocycles. The van der Waals surface area contributed by atoms with Gasteiger partial charge < -0.3 is 18.4 Å². The van der Waals surface area contributed by atoms with Gasteiger partial charge >= 0.3 is 0 Å². The Kier molecular flexibility index (Phi) is 7.15. The molecule has 4 atom stereocenters. The molecule has 0 aromatic carbocycles. The second kappa shape index (κ2) is 7.82. The first-order chi connectivity index (χ1) is 8.12. The fourth-order valence-electron chi connectivity index (χ4n) is 1.51. The van der Waals surface area contributed by atoms with Crippen molar-refractivity contribution in [1.82, 2.24) is 4.58 Å². The molecule has 0 spiro atoms. The minimum absolute atomic E-state index is 0.220. The standard InChI is InChI=1S/C7H13B4NO4P/c1-12(11-9)17(16-10)15-5-3-7(8)14-6(5)4-13-2/h5-7H,3-4H2,1-2H3. The maximum Gasteiger partial charge on any atom is 0.293 e. The monoisotopic (exact) mass is 250 g/mol. The van der Waals surface area contributed by atoms with Gasteiger partial charge in [-0.15, -0.1) is 0 Å². The molecule has 0 amide bonds. The van der Waals surface area contributed by atoms with Gasteiger partial charge in [0.1, 0.15) is 14.0 Å². The van der Waals surface area contributed by atoms with Crippen LogP contribution in [0.5, 0.6) is 0 Å². The van der Waals surface area contributed by atoms with Crippen molar-refractivity contribution in [1.29, 1.82) is 0 Å². The SMILES string of the molecule is [B][B]N(C)P(O[B])OC1CC([B])OC1COC. The van der Waals surface area contributed by atoms with Gasteiger partial charge in [-0.3, -0.25) is 4.58 Å². The predicted octanol–water partition coefficient (Wildman–Crippen LogP) is -0.737. The summed E-state index contributed by atoms with van der Waals surface area (Å²) in [6.07, 6.45) is 0.123. The molecule has 0 N–H and O–H groups in total. The quantitative estimate of drug-likeness (QED) is 0.439. The Morgan fingerprint density at radius 1 is 1.59 bits per heavy atom. The van der Waals surface area contributed by atoms with Crippen molar-refractivity contribution in [3.63, 3.8) is 0 Å². The second-order valence-electron chi connectivity index (χ2n) is 3.61. The fourth-order valence-corrected chi connectivity index (χ4v) is 2.42. The molecule has 5 nitrogen and oxygen atoms in total. The van der Waals surface area contributed by atoms with Gasteiger partial charge in [0.15, 0.2) is 7.31 Å². The van der Waals surface area contributed by atoms with Gasteiger partial charge in [-0.05, 0) is 13.5 Å². The summed E-state index contributed by atoms with van der Waals surface area (Å²) >= 11 is 0. The lowest BCUT2D eigenvalue weighted by atomic mass is 9.67. The molecule has 1 aliphatic rings. The summed E-state index contributed by atoms with van der Waals surface area (Å²) in [6.45, 7) is 0.405. The molecule has 1 fully saturated rings. The summed E-state index contributed by atoms with van der Waals surface area (Å²) in [6, 6.07) is -0.359. The van der Waals surface area contributed by atoms with Crippen molar-refractivity contribution in [3.8, 4) is 0 Å². The Bertz CT molecular complexity index is 230. The number of hydrogen-bond acceptors (Lipinski definition) is 5. The van der Waals surface area contributed by atoms with Crippen LogP contribution in [0.3, 0.4) is 0 Å². The molecule has 1 saturated heterocycles. The molecule has 1 rings (SSSR count). The first-order valence-corrected chi connectivity index (χ1v) is 6.27. The highest BCUT2D eigenvalue weighted by Gasteiger charge is 2.36. The molecular formula is C7H13B4NO4P. The number of rotatable bonds is 7. The molecule has 0 bridgehead atoms. The van der Waals surface area contributed by atoms with Gasteiger partial charge in [-0.2, -0.15) is 0 Å². The summed E-state index contributed by atoms with van der Waals surface area (Å²) in [5.74, 6) is 0. The van der Waals surface area contributed by atoms with E-state index >= 15 is 0 Å². The zero-order valence-corrected chi connectivity index (χ0v) is 10.9. The molecular weight excluding hydrogens is 236 g/mol. The van der Waals surface area contributed by atoms with Crippen LogP contribution in [0.1, 0.15) is 6.42 Å². The van der Waals surface area contributed by atoms with Crippen molar-refractivity contribution < 1.29 is 18.4 Å². The van der Waals surface area contributed by atoms with E-state index < -0.39 is 8.53 Å². The van der Waals surface area contributed by atoms with E-state index in [1.54, 1.807) is 18.7 Å². The van der Waals surface area contributed by atoms with Crippen molar-refractivity contribution >= 4 is 39.5 Å². The Balaban J connectivity index is 2.52. The largest absolute Gasteiger partial charge is 0.397 e. The molecule has 0 aliphatic carbocycles. The minimum atomic E-state index is -1.45. The fraction of sp³-hybridized carbons (Fsp3) is 1.00. The maximum atomic E-state index is 5.70. The summed E-state index contributed by atoms with van der Waals surface area (Å²) in [7, 11) is 19.4. The first-order valence-electron chi connectivity index (χ1n) is 5.14. The van der Waals surface area contributed by atoms with E-state index in [2.05, 4.69) is 0 Å². The zero-order valence-electron chi connectivity index (χ0n) is 9.98. The lowest BCUT2D eigenvalue weighted by Gasteiger charge is -2.29. The van der Waals surface area contributed by atoms with E-state index in [0.717, 1.165) is 0 Å². The van der Waals surface area contributed by atoms with Gasteiger partial charge in [-0.25, -0.2) is 0 Å². The number of methoxy groups -OCH3 is 1. The lowest BCUT2D eigenvalue weighted by Crippen LogP contribution is -2.30. The van der Waals surface area contributed by atoms with Crippen LogP contribution >= 0.6 is 8.53 Å². The van der Waals surface area contributed by atoms with E-state index in [4.69, 9.17) is 42.1 Å². The van der Waals surface area contributed by atoms with Gasteiger partial charge in [-0.1, -0.05) is 0 Å². The molecule has 7 radical (unpaired) electrons. The third kappa shape index (κ3) is 4.58. The topological polar surface area (TPSA) is 40.2 Å². The molecule has 87 valence electrons. The third-order valence-corrected chi connectivity index (χ3v) is 3.63. The molecule has 17 heavy (non-hydrogen) atoms. The van der Waals surface area contributed by atoms with Gasteiger partial charge in [0.2, 0.25) is 8.53 Å². The van der Waals surface area contributed by atoms with Crippen LogP contribution < -0.4 is 0 Å². The summed E-state index contributed by atoms with van der Waals surface area (Å²) in [4.78, 5) is 0. The highest BCUT2D eigenvalue weighted by Crippen LogP contribution is 2.43. The van der Waals surface area contributed by atoms with Gasteiger partial charge in [0, 0.05) is 20.9 Å². The van der Waals surface area contributed by atoms with Crippen molar-refractivity contribution in [3.05, 3.63) is 0 Å². The minimum Gasteiger partial charge on any atom is -0.397 e. The van der Waals surface area contributed by atoms with Crippen LogP contribution in [0.15, 0.2) is 0 Å². The van der Waals surface area contributed by atoms with Crippen LogP contribution in [0, 0.1) is 0 Å². The molecule has 1 heterocycles. The molecule has 0 aromatic heterocycles. The Morgan fingerprint density at radius 3 is 2.82 bits per heavy atom. The Hall–Kier alpha value is 0.490. The van der Waals surface area contributed by atoms with Crippen molar-refractivity contribution in [2.75, 3.05) is 20.8 Å². The van der Waals surface area contributed by atoms with Crippen LogP contribution in [0.2, 0.25) is 0 Å². The van der Waals surface area contributed by atoms with Crippen LogP contribution in [0.4, 0.5) is 0 Å². The number of nitrogens with zero attached hydrogens (tertiary/aromatic N) is 1.